The average molecular weight is 328 g/mol. The molecule has 2 N–H and O–H groups in total. The molecule has 23 heavy (non-hydrogen) atoms. The van der Waals surface area contributed by atoms with E-state index in [1.807, 2.05) is 0 Å². The van der Waals surface area contributed by atoms with Crippen LogP contribution in [0.4, 0.5) is 0 Å². The van der Waals surface area contributed by atoms with Gasteiger partial charge in [-0.25, -0.2) is 0 Å². The first-order valence-corrected chi connectivity index (χ1v) is 9.23. The SMILES string of the molecule is C[C@H]1C[C@H](OC[C@H](O)CN2CCN(CCO)CC2)CC(C)(C)C1. The quantitative estimate of drug-likeness (QED) is 0.735. The maximum Gasteiger partial charge on any atom is 0.0900 e. The Hall–Kier alpha value is -0.200. The number of hydrogen-bond donors (Lipinski definition) is 2. The van der Waals surface area contributed by atoms with Gasteiger partial charge in [-0.2, -0.15) is 0 Å². The molecule has 0 spiro atoms. The highest BCUT2D eigenvalue weighted by atomic mass is 16.5. The molecule has 1 heterocycles. The molecule has 0 radical (unpaired) electrons. The Morgan fingerprint density at radius 2 is 1.78 bits per heavy atom. The van der Waals surface area contributed by atoms with Gasteiger partial charge in [0.1, 0.15) is 0 Å². The first kappa shape index (κ1) is 19.1. The smallest absolute Gasteiger partial charge is 0.0900 e. The topological polar surface area (TPSA) is 56.2 Å². The number of hydrogen-bond acceptors (Lipinski definition) is 5. The Morgan fingerprint density at radius 3 is 2.39 bits per heavy atom. The number of ether oxygens (including phenoxy) is 1. The van der Waals surface area contributed by atoms with E-state index in [1.54, 1.807) is 0 Å². The molecule has 1 aliphatic carbocycles. The second-order valence-electron chi connectivity index (χ2n) is 8.39. The van der Waals surface area contributed by atoms with Crippen LogP contribution < -0.4 is 0 Å². The molecule has 0 unspecified atom stereocenters. The van der Waals surface area contributed by atoms with Crippen molar-refractivity contribution in [3.8, 4) is 0 Å². The highest BCUT2D eigenvalue weighted by Gasteiger charge is 2.32. The van der Waals surface area contributed by atoms with E-state index < -0.39 is 6.10 Å². The van der Waals surface area contributed by atoms with Gasteiger partial charge in [0.15, 0.2) is 0 Å². The zero-order valence-electron chi connectivity index (χ0n) is 15.2. The minimum Gasteiger partial charge on any atom is -0.395 e. The normalized spacial score (nSPS) is 31.2. The molecule has 0 aromatic carbocycles. The average Bonchev–Trinajstić information content (AvgIpc) is 2.45. The maximum absolute atomic E-state index is 10.3. The van der Waals surface area contributed by atoms with Crippen LogP contribution in [-0.4, -0.2) is 84.7 Å². The van der Waals surface area contributed by atoms with Gasteiger partial charge >= 0.3 is 0 Å². The standard InChI is InChI=1S/C18H36N2O3/c1-15-10-17(12-18(2,3)11-15)23-14-16(22)13-20-6-4-19(5-7-20)8-9-21/h15-17,21-22H,4-14H2,1-3H3/t15-,16+,17-/m0/s1. The van der Waals surface area contributed by atoms with Crippen LogP contribution in [0, 0.1) is 11.3 Å². The van der Waals surface area contributed by atoms with Gasteiger partial charge in [-0.1, -0.05) is 20.8 Å². The molecule has 0 amide bonds. The Morgan fingerprint density at radius 1 is 1.13 bits per heavy atom. The first-order valence-electron chi connectivity index (χ1n) is 9.23. The van der Waals surface area contributed by atoms with Gasteiger partial charge in [-0.15, -0.1) is 0 Å². The van der Waals surface area contributed by atoms with Gasteiger partial charge in [0, 0.05) is 39.3 Å². The number of aliphatic hydroxyl groups is 2. The number of aliphatic hydroxyl groups excluding tert-OH is 2. The van der Waals surface area contributed by atoms with Gasteiger partial charge in [0.2, 0.25) is 0 Å². The molecule has 136 valence electrons. The molecule has 2 rings (SSSR count). The molecule has 2 fully saturated rings. The number of nitrogens with zero attached hydrogens (tertiary/aromatic N) is 2. The third kappa shape index (κ3) is 6.67. The van der Waals surface area contributed by atoms with Gasteiger partial charge in [-0.3, -0.25) is 9.80 Å². The van der Waals surface area contributed by atoms with Crippen molar-refractivity contribution < 1.29 is 14.9 Å². The summed E-state index contributed by atoms with van der Waals surface area (Å²) >= 11 is 0. The Labute approximate surface area is 141 Å². The van der Waals surface area contributed by atoms with Crippen molar-refractivity contribution >= 4 is 0 Å². The summed E-state index contributed by atoms with van der Waals surface area (Å²) in [5.41, 5.74) is 0.357. The summed E-state index contributed by atoms with van der Waals surface area (Å²) in [6, 6.07) is 0. The fourth-order valence-electron chi connectivity index (χ4n) is 4.32. The van der Waals surface area contributed by atoms with Crippen molar-refractivity contribution in [3.05, 3.63) is 0 Å². The van der Waals surface area contributed by atoms with Crippen LogP contribution in [0.1, 0.15) is 40.0 Å². The molecule has 1 saturated carbocycles. The molecule has 0 aromatic rings. The Bertz CT molecular complexity index is 343. The molecule has 5 heteroatoms. The zero-order valence-corrected chi connectivity index (χ0v) is 15.2. The minimum atomic E-state index is -0.403. The van der Waals surface area contributed by atoms with E-state index in [1.165, 1.54) is 6.42 Å². The predicted octanol–water partition coefficient (Wildman–Crippen LogP) is 1.19. The highest BCUT2D eigenvalue weighted by Crippen LogP contribution is 2.39. The summed E-state index contributed by atoms with van der Waals surface area (Å²) in [5, 5.41) is 19.2. The van der Waals surface area contributed by atoms with E-state index in [4.69, 9.17) is 9.84 Å². The molecular formula is C18H36N2O3. The summed E-state index contributed by atoms with van der Waals surface area (Å²) in [4.78, 5) is 4.57. The van der Waals surface area contributed by atoms with E-state index in [-0.39, 0.29) is 6.61 Å². The van der Waals surface area contributed by atoms with Crippen molar-refractivity contribution in [1.29, 1.82) is 0 Å². The molecule has 0 bridgehead atoms. The third-order valence-corrected chi connectivity index (χ3v) is 5.22. The second kappa shape index (κ2) is 8.77. The van der Waals surface area contributed by atoms with E-state index in [9.17, 15) is 5.11 Å². The lowest BCUT2D eigenvalue weighted by atomic mass is 9.71. The summed E-state index contributed by atoms with van der Waals surface area (Å²) in [6.07, 6.45) is 3.39. The lowest BCUT2D eigenvalue weighted by molar-refractivity contribution is -0.0634. The van der Waals surface area contributed by atoms with Crippen molar-refractivity contribution in [3.63, 3.8) is 0 Å². The Balaban J connectivity index is 1.64. The Kier molecular flexibility index (Phi) is 7.29. The summed E-state index contributed by atoms with van der Waals surface area (Å²) in [6.45, 7) is 13.0. The monoisotopic (exact) mass is 328 g/mol. The lowest BCUT2D eigenvalue weighted by Gasteiger charge is -2.39. The van der Waals surface area contributed by atoms with E-state index >= 15 is 0 Å². The second-order valence-corrected chi connectivity index (χ2v) is 8.39. The van der Waals surface area contributed by atoms with Crippen LogP contribution in [0.2, 0.25) is 0 Å². The molecule has 2 aliphatic rings. The molecule has 3 atom stereocenters. The van der Waals surface area contributed by atoms with E-state index in [2.05, 4.69) is 30.6 Å². The highest BCUT2D eigenvalue weighted by molar-refractivity contribution is 4.83. The third-order valence-electron chi connectivity index (χ3n) is 5.22. The van der Waals surface area contributed by atoms with Crippen molar-refractivity contribution in [2.24, 2.45) is 11.3 Å². The molecule has 0 aromatic heterocycles. The zero-order chi connectivity index (χ0) is 16.9. The summed E-state index contributed by atoms with van der Waals surface area (Å²) < 4.78 is 6.03. The van der Waals surface area contributed by atoms with Gasteiger partial charge < -0.3 is 14.9 Å². The minimum absolute atomic E-state index is 0.229. The number of β-amino-alcohol motifs (C(OH)–C–C–N with tert-alkyl or cyclic N) is 2. The van der Waals surface area contributed by atoms with Gasteiger partial charge in [0.25, 0.3) is 0 Å². The van der Waals surface area contributed by atoms with Crippen molar-refractivity contribution in [1.82, 2.24) is 9.80 Å². The molecule has 1 aliphatic heterocycles. The van der Waals surface area contributed by atoms with Crippen LogP contribution in [0.25, 0.3) is 0 Å². The molecule has 5 nitrogen and oxygen atoms in total. The summed E-state index contributed by atoms with van der Waals surface area (Å²) in [5.74, 6) is 0.709. The van der Waals surface area contributed by atoms with Crippen molar-refractivity contribution in [2.75, 3.05) is 52.5 Å². The largest absolute Gasteiger partial charge is 0.395 e. The number of rotatable bonds is 7. The van der Waals surface area contributed by atoms with Gasteiger partial charge in [0.05, 0.1) is 25.4 Å². The number of piperazine rings is 1. The van der Waals surface area contributed by atoms with Crippen molar-refractivity contribution in [2.45, 2.75) is 52.2 Å². The fraction of sp³-hybridized carbons (Fsp3) is 1.00. The predicted molar refractivity (Wildman–Crippen MR) is 92.5 cm³/mol. The maximum atomic E-state index is 10.3. The fourth-order valence-corrected chi connectivity index (χ4v) is 4.32. The van der Waals surface area contributed by atoms with E-state index in [0.29, 0.717) is 30.6 Å². The van der Waals surface area contributed by atoms with Crippen LogP contribution in [0.15, 0.2) is 0 Å². The van der Waals surface area contributed by atoms with Crippen LogP contribution in [0.3, 0.4) is 0 Å². The van der Waals surface area contributed by atoms with Gasteiger partial charge in [-0.05, 0) is 30.6 Å². The lowest BCUT2D eigenvalue weighted by Crippen LogP contribution is -2.49. The van der Waals surface area contributed by atoms with Crippen LogP contribution >= 0.6 is 0 Å². The first-order chi connectivity index (χ1) is 10.9. The summed E-state index contributed by atoms with van der Waals surface area (Å²) in [7, 11) is 0. The van der Waals surface area contributed by atoms with E-state index in [0.717, 1.165) is 45.6 Å². The van der Waals surface area contributed by atoms with Crippen LogP contribution in [0.5, 0.6) is 0 Å². The molecular weight excluding hydrogens is 292 g/mol. The molecule has 1 saturated heterocycles. The van der Waals surface area contributed by atoms with Crippen LogP contribution in [-0.2, 0) is 4.74 Å².